The maximum absolute atomic E-state index is 12.6. The van der Waals surface area contributed by atoms with E-state index in [1.807, 2.05) is 13.8 Å². The second-order valence-electron chi connectivity index (χ2n) is 5.00. The van der Waals surface area contributed by atoms with Crippen LogP contribution in [0.2, 0.25) is 0 Å². The lowest BCUT2D eigenvalue weighted by Crippen LogP contribution is -2.33. The number of hydrogen-bond donors (Lipinski definition) is 1. The normalized spacial score (nSPS) is 11.8. The van der Waals surface area contributed by atoms with E-state index in [9.17, 15) is 13.2 Å². The van der Waals surface area contributed by atoms with Gasteiger partial charge in [0.05, 0.1) is 4.90 Å². The SMILES string of the molecule is CCCCN(CCCC)S(=O)(=O)c1ccc(C(N)=O)cc1. The van der Waals surface area contributed by atoms with Crippen LogP contribution in [0.4, 0.5) is 0 Å². The predicted molar refractivity (Wildman–Crippen MR) is 83.5 cm³/mol. The smallest absolute Gasteiger partial charge is 0.248 e. The van der Waals surface area contributed by atoms with E-state index in [1.54, 1.807) is 0 Å². The Hall–Kier alpha value is -1.40. The molecule has 1 aromatic carbocycles. The van der Waals surface area contributed by atoms with Crippen LogP contribution in [0, 0.1) is 0 Å². The van der Waals surface area contributed by atoms with E-state index in [2.05, 4.69) is 0 Å². The molecule has 0 saturated heterocycles. The quantitative estimate of drug-likeness (QED) is 0.760. The van der Waals surface area contributed by atoms with Crippen molar-refractivity contribution in [3.8, 4) is 0 Å². The highest BCUT2D eigenvalue weighted by molar-refractivity contribution is 7.89. The molecule has 0 aromatic heterocycles. The summed E-state index contributed by atoms with van der Waals surface area (Å²) in [4.78, 5) is 11.2. The minimum atomic E-state index is -3.51. The number of rotatable bonds is 9. The minimum Gasteiger partial charge on any atom is -0.366 e. The molecule has 0 saturated carbocycles. The molecule has 5 nitrogen and oxygen atoms in total. The molecule has 1 aromatic rings. The molecule has 21 heavy (non-hydrogen) atoms. The number of benzene rings is 1. The summed E-state index contributed by atoms with van der Waals surface area (Å²) in [6.07, 6.45) is 3.56. The van der Waals surface area contributed by atoms with Crippen molar-refractivity contribution in [2.45, 2.75) is 44.4 Å². The van der Waals surface area contributed by atoms with E-state index >= 15 is 0 Å². The van der Waals surface area contributed by atoms with E-state index in [0.29, 0.717) is 18.7 Å². The molecular formula is C15H24N2O3S. The van der Waals surface area contributed by atoms with Crippen molar-refractivity contribution in [3.63, 3.8) is 0 Å². The zero-order chi connectivity index (χ0) is 15.9. The van der Waals surface area contributed by atoms with Gasteiger partial charge in [-0.3, -0.25) is 4.79 Å². The molecule has 2 N–H and O–H groups in total. The van der Waals surface area contributed by atoms with Gasteiger partial charge in [-0.1, -0.05) is 26.7 Å². The lowest BCUT2D eigenvalue weighted by Gasteiger charge is -2.22. The van der Waals surface area contributed by atoms with Crippen molar-refractivity contribution in [3.05, 3.63) is 29.8 Å². The summed E-state index contributed by atoms with van der Waals surface area (Å²) in [6, 6.07) is 5.79. The summed E-state index contributed by atoms with van der Waals surface area (Å²) >= 11 is 0. The van der Waals surface area contributed by atoms with Crippen LogP contribution in [-0.4, -0.2) is 31.7 Å². The molecule has 0 unspecified atom stereocenters. The van der Waals surface area contributed by atoms with Crippen molar-refractivity contribution in [1.82, 2.24) is 4.31 Å². The highest BCUT2D eigenvalue weighted by atomic mass is 32.2. The monoisotopic (exact) mass is 312 g/mol. The Morgan fingerprint density at radius 1 is 1.05 bits per heavy atom. The first-order valence-electron chi connectivity index (χ1n) is 7.33. The van der Waals surface area contributed by atoms with Crippen molar-refractivity contribution in [1.29, 1.82) is 0 Å². The Kier molecular flexibility index (Phi) is 6.84. The van der Waals surface area contributed by atoms with Crippen LogP contribution >= 0.6 is 0 Å². The molecule has 0 bridgehead atoms. The van der Waals surface area contributed by atoms with Crippen LogP contribution in [0.5, 0.6) is 0 Å². The third-order valence-corrected chi connectivity index (χ3v) is 5.21. The number of primary amides is 1. The van der Waals surface area contributed by atoms with Gasteiger partial charge in [0, 0.05) is 18.7 Å². The number of amides is 1. The second-order valence-corrected chi connectivity index (χ2v) is 6.94. The van der Waals surface area contributed by atoms with E-state index in [-0.39, 0.29) is 4.90 Å². The van der Waals surface area contributed by atoms with E-state index < -0.39 is 15.9 Å². The number of hydrogen-bond acceptors (Lipinski definition) is 3. The van der Waals surface area contributed by atoms with Crippen molar-refractivity contribution in [2.75, 3.05) is 13.1 Å². The first-order chi connectivity index (χ1) is 9.93. The van der Waals surface area contributed by atoms with E-state index in [4.69, 9.17) is 5.73 Å². The van der Waals surface area contributed by atoms with Gasteiger partial charge in [0.15, 0.2) is 0 Å². The lowest BCUT2D eigenvalue weighted by atomic mass is 10.2. The van der Waals surface area contributed by atoms with E-state index in [0.717, 1.165) is 25.7 Å². The Morgan fingerprint density at radius 3 is 1.90 bits per heavy atom. The van der Waals surface area contributed by atoms with Crippen LogP contribution in [-0.2, 0) is 10.0 Å². The Labute approximate surface area is 127 Å². The number of nitrogens with zero attached hydrogens (tertiary/aromatic N) is 1. The van der Waals surface area contributed by atoms with Crippen LogP contribution in [0.25, 0.3) is 0 Å². The molecule has 0 heterocycles. The lowest BCUT2D eigenvalue weighted by molar-refractivity contribution is 0.1000. The third-order valence-electron chi connectivity index (χ3n) is 3.30. The molecular weight excluding hydrogens is 288 g/mol. The fraction of sp³-hybridized carbons (Fsp3) is 0.533. The summed E-state index contributed by atoms with van der Waals surface area (Å²) < 4.78 is 26.8. The minimum absolute atomic E-state index is 0.208. The summed E-state index contributed by atoms with van der Waals surface area (Å²) in [7, 11) is -3.51. The number of carbonyl (C=O) groups is 1. The maximum Gasteiger partial charge on any atom is 0.248 e. The summed E-state index contributed by atoms with van der Waals surface area (Å²) in [6.45, 7) is 5.12. The molecule has 0 radical (unpaired) electrons. The van der Waals surface area contributed by atoms with Crippen molar-refractivity contribution in [2.24, 2.45) is 5.73 Å². The van der Waals surface area contributed by atoms with Crippen LogP contribution < -0.4 is 5.73 Å². The molecule has 0 spiro atoms. The average Bonchev–Trinajstić information content (AvgIpc) is 2.47. The molecule has 0 aliphatic carbocycles. The van der Waals surface area contributed by atoms with Crippen molar-refractivity contribution >= 4 is 15.9 Å². The van der Waals surface area contributed by atoms with Gasteiger partial charge in [-0.05, 0) is 37.1 Å². The molecule has 6 heteroatoms. The van der Waals surface area contributed by atoms with Crippen LogP contribution in [0.3, 0.4) is 0 Å². The first-order valence-corrected chi connectivity index (χ1v) is 8.77. The van der Waals surface area contributed by atoms with Gasteiger partial charge in [0.2, 0.25) is 15.9 Å². The molecule has 0 aliphatic heterocycles. The zero-order valence-electron chi connectivity index (χ0n) is 12.7. The molecule has 1 rings (SSSR count). The van der Waals surface area contributed by atoms with Gasteiger partial charge in [0.1, 0.15) is 0 Å². The number of carbonyl (C=O) groups excluding carboxylic acids is 1. The van der Waals surface area contributed by atoms with Gasteiger partial charge in [0.25, 0.3) is 0 Å². The Balaban J connectivity index is 3.00. The summed E-state index contributed by atoms with van der Waals surface area (Å²) in [5, 5.41) is 0. The number of nitrogens with two attached hydrogens (primary N) is 1. The highest BCUT2D eigenvalue weighted by Gasteiger charge is 2.23. The predicted octanol–water partition coefficient (Wildman–Crippen LogP) is 2.38. The number of unbranched alkanes of at least 4 members (excludes halogenated alkanes) is 2. The molecule has 0 aliphatic rings. The zero-order valence-corrected chi connectivity index (χ0v) is 13.5. The molecule has 1 amide bonds. The maximum atomic E-state index is 12.6. The summed E-state index contributed by atoms with van der Waals surface area (Å²) in [5.74, 6) is -0.562. The standard InChI is InChI=1S/C15H24N2O3S/c1-3-5-11-17(12-6-4-2)21(19,20)14-9-7-13(8-10-14)15(16)18/h7-10H,3-6,11-12H2,1-2H3,(H2,16,18). The van der Waals surface area contributed by atoms with Gasteiger partial charge < -0.3 is 5.73 Å². The molecule has 0 fully saturated rings. The second kappa shape index (κ2) is 8.14. The van der Waals surface area contributed by atoms with Gasteiger partial charge in [-0.2, -0.15) is 4.31 Å². The van der Waals surface area contributed by atoms with Gasteiger partial charge in [-0.15, -0.1) is 0 Å². The van der Waals surface area contributed by atoms with Crippen molar-refractivity contribution < 1.29 is 13.2 Å². The third kappa shape index (κ3) is 4.82. The molecule has 118 valence electrons. The Morgan fingerprint density at radius 2 is 1.52 bits per heavy atom. The first kappa shape index (κ1) is 17.7. The fourth-order valence-electron chi connectivity index (χ4n) is 1.96. The van der Waals surface area contributed by atoms with Crippen LogP contribution in [0.1, 0.15) is 49.9 Å². The largest absolute Gasteiger partial charge is 0.366 e. The fourth-order valence-corrected chi connectivity index (χ4v) is 3.48. The summed E-state index contributed by atoms with van der Waals surface area (Å²) in [5.41, 5.74) is 5.47. The van der Waals surface area contributed by atoms with Gasteiger partial charge in [-0.25, -0.2) is 8.42 Å². The Bertz CT molecular complexity index is 545. The topological polar surface area (TPSA) is 80.5 Å². The number of sulfonamides is 1. The molecule has 0 atom stereocenters. The van der Waals surface area contributed by atoms with Gasteiger partial charge >= 0.3 is 0 Å². The average molecular weight is 312 g/mol. The highest BCUT2D eigenvalue weighted by Crippen LogP contribution is 2.18. The van der Waals surface area contributed by atoms with Crippen LogP contribution in [0.15, 0.2) is 29.2 Å². The van der Waals surface area contributed by atoms with E-state index in [1.165, 1.54) is 28.6 Å².